The van der Waals surface area contributed by atoms with Crippen LogP contribution in [0.4, 0.5) is 10.8 Å². The minimum atomic E-state index is 0.680. The second kappa shape index (κ2) is 5.12. The van der Waals surface area contributed by atoms with Gasteiger partial charge in [0.05, 0.1) is 20.9 Å². The number of nitrogens with zero attached hydrogens (tertiary/aromatic N) is 1. The van der Waals surface area contributed by atoms with Crippen molar-refractivity contribution in [2.75, 3.05) is 5.32 Å². The van der Waals surface area contributed by atoms with Crippen LogP contribution < -0.4 is 5.32 Å². The maximum Gasteiger partial charge on any atom is 0.188 e. The Labute approximate surface area is 128 Å². The van der Waals surface area contributed by atoms with E-state index in [0.29, 0.717) is 5.02 Å². The third kappa shape index (κ3) is 2.61. The molecular formula is C14H10BrClN2S. The smallest absolute Gasteiger partial charge is 0.188 e. The number of thiazole rings is 1. The molecule has 96 valence electrons. The highest BCUT2D eigenvalue weighted by Crippen LogP contribution is 2.33. The number of para-hydroxylation sites is 1. The first-order valence-electron chi connectivity index (χ1n) is 5.72. The molecular weight excluding hydrogens is 344 g/mol. The van der Waals surface area contributed by atoms with Gasteiger partial charge >= 0.3 is 0 Å². The summed E-state index contributed by atoms with van der Waals surface area (Å²) in [6, 6.07) is 11.9. The van der Waals surface area contributed by atoms with Crippen molar-refractivity contribution in [1.29, 1.82) is 0 Å². The Hall–Kier alpha value is -1.10. The Morgan fingerprint density at radius 3 is 2.89 bits per heavy atom. The van der Waals surface area contributed by atoms with Gasteiger partial charge in [-0.05, 0) is 36.8 Å². The summed E-state index contributed by atoms with van der Waals surface area (Å²) in [5.41, 5.74) is 3.08. The van der Waals surface area contributed by atoms with E-state index in [0.717, 1.165) is 20.8 Å². The average molecular weight is 354 g/mol. The molecule has 2 aromatic carbocycles. The van der Waals surface area contributed by atoms with E-state index >= 15 is 0 Å². The van der Waals surface area contributed by atoms with E-state index in [9.17, 15) is 0 Å². The van der Waals surface area contributed by atoms with Crippen molar-refractivity contribution in [1.82, 2.24) is 4.98 Å². The first-order valence-corrected chi connectivity index (χ1v) is 7.70. The molecule has 0 saturated heterocycles. The van der Waals surface area contributed by atoms with Gasteiger partial charge < -0.3 is 5.32 Å². The van der Waals surface area contributed by atoms with Gasteiger partial charge in [-0.15, -0.1) is 0 Å². The van der Waals surface area contributed by atoms with Gasteiger partial charge in [-0.25, -0.2) is 4.98 Å². The van der Waals surface area contributed by atoms with Crippen LogP contribution >= 0.6 is 38.9 Å². The summed E-state index contributed by atoms with van der Waals surface area (Å²) >= 11 is 11.2. The van der Waals surface area contributed by atoms with E-state index in [1.807, 2.05) is 24.3 Å². The summed E-state index contributed by atoms with van der Waals surface area (Å²) in [6.45, 7) is 2.07. The van der Waals surface area contributed by atoms with Gasteiger partial charge in [-0.2, -0.15) is 0 Å². The molecule has 0 aliphatic rings. The van der Waals surface area contributed by atoms with Crippen LogP contribution in [0.3, 0.4) is 0 Å². The van der Waals surface area contributed by atoms with Gasteiger partial charge in [0.25, 0.3) is 0 Å². The Bertz CT molecular complexity index is 754. The highest BCUT2D eigenvalue weighted by molar-refractivity contribution is 9.10. The van der Waals surface area contributed by atoms with E-state index < -0.39 is 0 Å². The number of hydrogen-bond acceptors (Lipinski definition) is 3. The molecule has 1 heterocycles. The van der Waals surface area contributed by atoms with E-state index in [-0.39, 0.29) is 0 Å². The molecule has 19 heavy (non-hydrogen) atoms. The lowest BCUT2D eigenvalue weighted by Crippen LogP contribution is -1.90. The van der Waals surface area contributed by atoms with Crippen LogP contribution in [0.15, 0.2) is 40.9 Å². The van der Waals surface area contributed by atoms with Gasteiger partial charge in [-0.1, -0.05) is 51.0 Å². The summed E-state index contributed by atoms with van der Waals surface area (Å²) in [6.07, 6.45) is 0. The zero-order valence-corrected chi connectivity index (χ0v) is 13.2. The number of hydrogen-bond donors (Lipinski definition) is 1. The molecule has 0 fully saturated rings. The molecule has 5 heteroatoms. The van der Waals surface area contributed by atoms with Crippen LogP contribution in [-0.4, -0.2) is 4.98 Å². The first kappa shape index (κ1) is 12.9. The van der Waals surface area contributed by atoms with Crippen molar-refractivity contribution in [3.05, 3.63) is 51.5 Å². The molecule has 0 saturated carbocycles. The van der Waals surface area contributed by atoms with Crippen molar-refractivity contribution >= 4 is 59.9 Å². The molecule has 0 atom stereocenters. The lowest BCUT2D eigenvalue weighted by molar-refractivity contribution is 1.40. The predicted octanol–water partition coefficient (Wildman–Crippen LogP) is 5.76. The lowest BCUT2D eigenvalue weighted by atomic mass is 10.2. The van der Waals surface area contributed by atoms with Crippen molar-refractivity contribution in [3.63, 3.8) is 0 Å². The molecule has 1 N–H and O–H groups in total. The normalized spacial score (nSPS) is 10.9. The SMILES string of the molecule is Cc1cccc2sc(Nc3cc(Br)ccc3Cl)nc12. The molecule has 1 aromatic heterocycles. The molecule has 3 rings (SSSR count). The molecule has 2 nitrogen and oxygen atoms in total. The first-order chi connectivity index (χ1) is 9.13. The highest BCUT2D eigenvalue weighted by Gasteiger charge is 2.08. The Balaban J connectivity index is 2.01. The van der Waals surface area contributed by atoms with Crippen LogP contribution in [-0.2, 0) is 0 Å². The van der Waals surface area contributed by atoms with E-state index in [1.165, 1.54) is 10.3 Å². The molecule has 0 amide bonds. The molecule has 0 aliphatic carbocycles. The number of aromatic nitrogens is 1. The van der Waals surface area contributed by atoms with Crippen LogP contribution in [0.1, 0.15) is 5.56 Å². The second-order valence-corrected chi connectivity index (χ2v) is 6.54. The fourth-order valence-corrected chi connectivity index (χ4v) is 3.33. The molecule has 0 bridgehead atoms. The monoisotopic (exact) mass is 352 g/mol. The quantitative estimate of drug-likeness (QED) is 0.633. The summed E-state index contributed by atoms with van der Waals surface area (Å²) < 4.78 is 2.16. The van der Waals surface area contributed by atoms with Gasteiger partial charge in [0, 0.05) is 4.47 Å². The standard InChI is InChI=1S/C14H10BrClN2S/c1-8-3-2-4-12-13(8)18-14(19-12)17-11-7-9(15)5-6-10(11)16/h2-7H,1H3,(H,17,18). The molecule has 0 unspecified atom stereocenters. The number of halogens is 2. The largest absolute Gasteiger partial charge is 0.330 e. The Kier molecular flexibility index (Phi) is 3.48. The number of nitrogens with one attached hydrogen (secondary N) is 1. The number of fused-ring (bicyclic) bond motifs is 1. The van der Waals surface area contributed by atoms with E-state index in [1.54, 1.807) is 11.3 Å². The molecule has 0 aliphatic heterocycles. The van der Waals surface area contributed by atoms with Gasteiger partial charge in [0.2, 0.25) is 0 Å². The van der Waals surface area contributed by atoms with Crippen molar-refractivity contribution in [2.45, 2.75) is 6.92 Å². The van der Waals surface area contributed by atoms with Crippen molar-refractivity contribution in [2.24, 2.45) is 0 Å². The second-order valence-electron chi connectivity index (χ2n) is 4.19. The van der Waals surface area contributed by atoms with Crippen LogP contribution in [0.2, 0.25) is 5.02 Å². The maximum absolute atomic E-state index is 6.17. The van der Waals surface area contributed by atoms with E-state index in [4.69, 9.17) is 11.6 Å². The Morgan fingerprint density at radius 1 is 1.26 bits per heavy atom. The summed E-state index contributed by atoms with van der Waals surface area (Å²) in [5, 5.41) is 4.81. The van der Waals surface area contributed by atoms with Crippen molar-refractivity contribution < 1.29 is 0 Å². The number of rotatable bonds is 2. The van der Waals surface area contributed by atoms with Crippen LogP contribution in [0.25, 0.3) is 10.2 Å². The topological polar surface area (TPSA) is 24.9 Å². The third-order valence-electron chi connectivity index (χ3n) is 2.79. The number of anilines is 2. The van der Waals surface area contributed by atoms with Gasteiger partial charge in [0.15, 0.2) is 5.13 Å². The van der Waals surface area contributed by atoms with Crippen molar-refractivity contribution in [3.8, 4) is 0 Å². The fraction of sp³-hybridized carbons (Fsp3) is 0.0714. The molecule has 0 radical (unpaired) electrons. The van der Waals surface area contributed by atoms with Gasteiger partial charge in [0.1, 0.15) is 0 Å². The summed E-state index contributed by atoms with van der Waals surface area (Å²) in [5.74, 6) is 0. The number of aryl methyl sites for hydroxylation is 1. The molecule has 3 aromatic rings. The van der Waals surface area contributed by atoms with E-state index in [2.05, 4.69) is 45.3 Å². The minimum Gasteiger partial charge on any atom is -0.330 e. The lowest BCUT2D eigenvalue weighted by Gasteiger charge is -2.05. The Morgan fingerprint density at radius 2 is 2.11 bits per heavy atom. The highest BCUT2D eigenvalue weighted by atomic mass is 79.9. The maximum atomic E-state index is 6.17. The summed E-state index contributed by atoms with van der Waals surface area (Å²) in [4.78, 5) is 4.61. The summed E-state index contributed by atoms with van der Waals surface area (Å²) in [7, 11) is 0. The zero-order valence-electron chi connectivity index (χ0n) is 10.1. The zero-order chi connectivity index (χ0) is 13.4. The minimum absolute atomic E-state index is 0.680. The fourth-order valence-electron chi connectivity index (χ4n) is 1.85. The number of benzene rings is 2. The molecule has 0 spiro atoms. The van der Waals surface area contributed by atoms with Crippen LogP contribution in [0.5, 0.6) is 0 Å². The van der Waals surface area contributed by atoms with Gasteiger partial charge in [-0.3, -0.25) is 0 Å². The predicted molar refractivity (Wildman–Crippen MR) is 86.8 cm³/mol. The van der Waals surface area contributed by atoms with Crippen LogP contribution in [0, 0.1) is 6.92 Å². The average Bonchev–Trinajstić information content (AvgIpc) is 2.78. The third-order valence-corrected chi connectivity index (χ3v) is 4.55.